The summed E-state index contributed by atoms with van der Waals surface area (Å²) in [6.45, 7) is 3.43. The second-order valence-corrected chi connectivity index (χ2v) is 11.7. The van der Waals surface area contributed by atoms with Crippen LogP contribution in [0.5, 0.6) is 0 Å². The SMILES string of the molecule is Cc1ccccc1S(=O)(=O)N1CCN(c2cnn(-c3ccccc3)c(=O)c2SCc2ccccc2)CC1. The molecule has 1 aliphatic heterocycles. The zero-order valence-corrected chi connectivity index (χ0v) is 22.2. The van der Waals surface area contributed by atoms with Crippen molar-refractivity contribution in [2.45, 2.75) is 22.5 Å². The highest BCUT2D eigenvalue weighted by molar-refractivity contribution is 7.98. The molecule has 0 aliphatic carbocycles. The van der Waals surface area contributed by atoms with Gasteiger partial charge in [-0.25, -0.2) is 8.42 Å². The molecule has 0 saturated carbocycles. The molecule has 1 fully saturated rings. The lowest BCUT2D eigenvalue weighted by molar-refractivity contribution is 0.383. The Hall–Kier alpha value is -3.40. The van der Waals surface area contributed by atoms with Crippen molar-refractivity contribution in [2.24, 2.45) is 0 Å². The van der Waals surface area contributed by atoms with E-state index in [0.29, 0.717) is 47.4 Å². The molecule has 1 aromatic heterocycles. The lowest BCUT2D eigenvalue weighted by atomic mass is 10.2. The summed E-state index contributed by atoms with van der Waals surface area (Å²) in [4.78, 5) is 16.7. The molecule has 0 amide bonds. The second-order valence-electron chi connectivity index (χ2n) is 8.84. The Morgan fingerprint density at radius 3 is 2.14 bits per heavy atom. The average Bonchev–Trinajstić information content (AvgIpc) is 2.93. The molecule has 9 heteroatoms. The Balaban J connectivity index is 1.42. The Morgan fingerprint density at radius 2 is 1.46 bits per heavy atom. The van der Waals surface area contributed by atoms with Gasteiger partial charge in [0.1, 0.15) is 4.90 Å². The van der Waals surface area contributed by atoms with Crippen LogP contribution in [-0.4, -0.2) is 48.7 Å². The molecule has 1 aliphatic rings. The van der Waals surface area contributed by atoms with Crippen molar-refractivity contribution in [1.82, 2.24) is 14.1 Å². The van der Waals surface area contributed by atoms with Crippen molar-refractivity contribution >= 4 is 27.5 Å². The first-order chi connectivity index (χ1) is 17.9. The number of piperazine rings is 1. The number of anilines is 1. The van der Waals surface area contributed by atoms with E-state index in [2.05, 4.69) is 10.00 Å². The van der Waals surface area contributed by atoms with Crippen LogP contribution in [0, 0.1) is 6.92 Å². The van der Waals surface area contributed by atoms with Crippen LogP contribution >= 0.6 is 11.8 Å². The van der Waals surface area contributed by atoms with Crippen LogP contribution in [0.25, 0.3) is 5.69 Å². The van der Waals surface area contributed by atoms with E-state index in [0.717, 1.165) is 16.8 Å². The van der Waals surface area contributed by atoms with E-state index in [4.69, 9.17) is 0 Å². The van der Waals surface area contributed by atoms with Gasteiger partial charge in [-0.3, -0.25) is 4.79 Å². The van der Waals surface area contributed by atoms with Gasteiger partial charge in [-0.05, 0) is 36.2 Å². The normalized spacial score (nSPS) is 14.6. The molecular weight excluding hydrogens is 504 g/mol. The zero-order valence-electron chi connectivity index (χ0n) is 20.5. The summed E-state index contributed by atoms with van der Waals surface area (Å²) in [7, 11) is -3.59. The summed E-state index contributed by atoms with van der Waals surface area (Å²) in [5.74, 6) is 0.642. The number of thioether (sulfide) groups is 1. The third kappa shape index (κ3) is 5.34. The molecule has 0 unspecified atom stereocenters. The molecule has 37 heavy (non-hydrogen) atoms. The number of para-hydroxylation sites is 1. The highest BCUT2D eigenvalue weighted by Crippen LogP contribution is 2.31. The highest BCUT2D eigenvalue weighted by atomic mass is 32.2. The molecule has 0 bridgehead atoms. The molecule has 1 saturated heterocycles. The van der Waals surface area contributed by atoms with Crippen molar-refractivity contribution in [2.75, 3.05) is 31.1 Å². The average molecular weight is 533 g/mol. The van der Waals surface area contributed by atoms with Crippen LogP contribution < -0.4 is 10.5 Å². The van der Waals surface area contributed by atoms with Gasteiger partial charge >= 0.3 is 0 Å². The summed E-state index contributed by atoms with van der Waals surface area (Å²) in [6.07, 6.45) is 1.73. The monoisotopic (exact) mass is 532 g/mol. The van der Waals surface area contributed by atoms with Gasteiger partial charge in [0.05, 0.1) is 22.5 Å². The molecule has 7 nitrogen and oxygen atoms in total. The number of nitrogens with zero attached hydrogens (tertiary/aromatic N) is 4. The Bertz CT molecular complexity index is 1530. The summed E-state index contributed by atoms with van der Waals surface area (Å²) >= 11 is 1.49. The van der Waals surface area contributed by atoms with Crippen LogP contribution in [-0.2, 0) is 15.8 Å². The van der Waals surface area contributed by atoms with E-state index in [-0.39, 0.29) is 5.56 Å². The van der Waals surface area contributed by atoms with Crippen LogP contribution in [0.1, 0.15) is 11.1 Å². The molecule has 0 spiro atoms. The minimum atomic E-state index is -3.59. The number of aryl methyl sites for hydroxylation is 1. The van der Waals surface area contributed by atoms with Crippen molar-refractivity contribution in [3.63, 3.8) is 0 Å². The quantitative estimate of drug-likeness (QED) is 0.330. The summed E-state index contributed by atoms with van der Waals surface area (Å²) < 4.78 is 29.5. The number of hydrogen-bond donors (Lipinski definition) is 0. The summed E-state index contributed by atoms with van der Waals surface area (Å²) in [5.41, 5.74) is 3.12. The van der Waals surface area contributed by atoms with E-state index < -0.39 is 10.0 Å². The fourth-order valence-electron chi connectivity index (χ4n) is 4.43. The number of aromatic nitrogens is 2. The lowest BCUT2D eigenvalue weighted by Crippen LogP contribution is -2.49. The third-order valence-corrected chi connectivity index (χ3v) is 9.64. The molecule has 0 radical (unpaired) electrons. The highest BCUT2D eigenvalue weighted by Gasteiger charge is 2.31. The van der Waals surface area contributed by atoms with Gasteiger partial charge < -0.3 is 4.90 Å². The second kappa shape index (κ2) is 10.9. The topological polar surface area (TPSA) is 75.5 Å². The van der Waals surface area contributed by atoms with Gasteiger partial charge in [-0.2, -0.15) is 14.1 Å². The first kappa shape index (κ1) is 25.3. The van der Waals surface area contributed by atoms with E-state index in [9.17, 15) is 13.2 Å². The molecule has 4 aromatic rings. The van der Waals surface area contributed by atoms with Crippen molar-refractivity contribution in [3.8, 4) is 5.69 Å². The maximum absolute atomic E-state index is 13.6. The van der Waals surface area contributed by atoms with Crippen LogP contribution in [0.2, 0.25) is 0 Å². The van der Waals surface area contributed by atoms with E-state index in [1.54, 1.807) is 18.3 Å². The Morgan fingerprint density at radius 1 is 0.838 bits per heavy atom. The van der Waals surface area contributed by atoms with Gasteiger partial charge in [0, 0.05) is 31.9 Å². The molecule has 190 valence electrons. The molecule has 3 aromatic carbocycles. The fourth-order valence-corrected chi connectivity index (χ4v) is 7.12. The smallest absolute Gasteiger partial charge is 0.287 e. The zero-order chi connectivity index (χ0) is 25.8. The predicted molar refractivity (Wildman–Crippen MR) is 148 cm³/mol. The van der Waals surface area contributed by atoms with E-state index in [1.807, 2.05) is 79.7 Å². The maximum Gasteiger partial charge on any atom is 0.287 e. The standard InChI is InChI=1S/C28H28N4O3S2/c1-22-10-8-9-15-26(22)37(34,35)31-18-16-30(17-19-31)25-20-29-32(24-13-6-3-7-14-24)28(33)27(25)36-21-23-11-4-2-5-12-23/h2-15,20H,16-19,21H2,1H3. The molecule has 0 N–H and O–H groups in total. The minimum absolute atomic E-state index is 0.181. The number of sulfonamides is 1. The van der Waals surface area contributed by atoms with Crippen molar-refractivity contribution < 1.29 is 8.42 Å². The molecule has 5 rings (SSSR count). The van der Waals surface area contributed by atoms with Gasteiger partial charge in [0.15, 0.2) is 0 Å². The Kier molecular flexibility index (Phi) is 7.45. The first-order valence-electron chi connectivity index (χ1n) is 12.1. The minimum Gasteiger partial charge on any atom is -0.367 e. The molecular formula is C28H28N4O3S2. The van der Waals surface area contributed by atoms with Gasteiger partial charge in [0.2, 0.25) is 10.0 Å². The number of benzene rings is 3. The fraction of sp³-hybridized carbons (Fsp3) is 0.214. The van der Waals surface area contributed by atoms with Crippen LogP contribution in [0.3, 0.4) is 0 Å². The lowest BCUT2D eigenvalue weighted by Gasteiger charge is -2.36. The van der Waals surface area contributed by atoms with Crippen LogP contribution in [0.15, 0.2) is 106 Å². The van der Waals surface area contributed by atoms with Crippen molar-refractivity contribution in [1.29, 1.82) is 0 Å². The molecule has 0 atom stereocenters. The van der Waals surface area contributed by atoms with Crippen molar-refractivity contribution in [3.05, 3.63) is 113 Å². The van der Waals surface area contributed by atoms with Crippen LogP contribution in [0.4, 0.5) is 5.69 Å². The van der Waals surface area contributed by atoms with E-state index in [1.165, 1.54) is 20.7 Å². The van der Waals surface area contributed by atoms with E-state index >= 15 is 0 Å². The van der Waals surface area contributed by atoms with Gasteiger partial charge in [0.25, 0.3) is 5.56 Å². The molecule has 2 heterocycles. The maximum atomic E-state index is 13.6. The number of rotatable bonds is 7. The third-order valence-electron chi connectivity index (χ3n) is 6.43. The summed E-state index contributed by atoms with van der Waals surface area (Å²) in [6, 6.07) is 26.4. The Labute approximate surface area is 221 Å². The van der Waals surface area contributed by atoms with Gasteiger partial charge in [-0.1, -0.05) is 66.7 Å². The van der Waals surface area contributed by atoms with Gasteiger partial charge in [-0.15, -0.1) is 11.8 Å². The predicted octanol–water partition coefficient (Wildman–Crippen LogP) is 4.34. The largest absolute Gasteiger partial charge is 0.367 e. The first-order valence-corrected chi connectivity index (χ1v) is 14.5. The summed E-state index contributed by atoms with van der Waals surface area (Å²) in [5, 5.41) is 4.48. The number of hydrogen-bond acceptors (Lipinski definition) is 6.